The van der Waals surface area contributed by atoms with Gasteiger partial charge in [-0.05, 0) is 24.6 Å². The van der Waals surface area contributed by atoms with Crippen LogP contribution in [-0.2, 0) is 4.79 Å². The molecule has 2 rings (SSSR count). The zero-order valence-electron chi connectivity index (χ0n) is 12.5. The second-order valence-electron chi connectivity index (χ2n) is 4.87. The third kappa shape index (κ3) is 3.83. The minimum atomic E-state index is -2.08. The minimum absolute atomic E-state index is 0.445. The molecule has 128 valence electrons. The molecule has 0 radical (unpaired) electrons. The van der Waals surface area contributed by atoms with Gasteiger partial charge < -0.3 is 4.74 Å². The molecular formula is C17H8F5NO2. The van der Waals surface area contributed by atoms with Crippen LogP contribution in [0.25, 0.3) is 5.83 Å². The molecule has 0 unspecified atom stereocenters. The number of halogens is 5. The molecule has 3 nitrogen and oxygen atoms in total. The Morgan fingerprint density at radius 2 is 1.64 bits per heavy atom. The molecule has 8 heteroatoms. The van der Waals surface area contributed by atoms with Crippen molar-refractivity contribution >= 4 is 11.8 Å². The summed E-state index contributed by atoms with van der Waals surface area (Å²) < 4.78 is 72.5. The van der Waals surface area contributed by atoms with Crippen molar-refractivity contribution in [3.8, 4) is 11.8 Å². The number of hydrogen-bond donors (Lipinski definition) is 0. The van der Waals surface area contributed by atoms with Gasteiger partial charge in [-0.15, -0.1) is 0 Å². The number of esters is 1. The molecule has 0 aromatic heterocycles. The summed E-state index contributed by atoms with van der Waals surface area (Å²) in [6, 6.07) is 5.30. The van der Waals surface area contributed by atoms with Gasteiger partial charge in [0.2, 0.25) is 5.83 Å². The van der Waals surface area contributed by atoms with Gasteiger partial charge in [-0.2, -0.15) is 9.65 Å². The first-order chi connectivity index (χ1) is 11.7. The lowest BCUT2D eigenvalue weighted by Crippen LogP contribution is -2.10. The number of nitrogens with zero attached hydrogens (tertiary/aromatic N) is 1. The number of benzene rings is 2. The van der Waals surface area contributed by atoms with Gasteiger partial charge in [0.1, 0.15) is 34.8 Å². The third-order valence-electron chi connectivity index (χ3n) is 3.07. The summed E-state index contributed by atoms with van der Waals surface area (Å²) >= 11 is 0. The predicted molar refractivity (Wildman–Crippen MR) is 77.0 cm³/mol. The van der Waals surface area contributed by atoms with Crippen LogP contribution in [0.2, 0.25) is 0 Å². The van der Waals surface area contributed by atoms with Gasteiger partial charge in [-0.1, -0.05) is 6.07 Å². The normalized spacial score (nSPS) is 11.6. The number of aryl methyl sites for hydroxylation is 1. The van der Waals surface area contributed by atoms with Crippen LogP contribution in [0, 0.1) is 35.7 Å². The Hall–Kier alpha value is -3.21. The number of rotatable bonds is 3. The lowest BCUT2D eigenvalue weighted by molar-refractivity contribution is -0.131. The second-order valence-corrected chi connectivity index (χ2v) is 4.87. The van der Waals surface area contributed by atoms with E-state index in [2.05, 4.69) is 4.74 Å². The number of hydrogen-bond acceptors (Lipinski definition) is 3. The molecule has 0 spiro atoms. The van der Waals surface area contributed by atoms with Gasteiger partial charge in [0.15, 0.2) is 5.83 Å². The van der Waals surface area contributed by atoms with E-state index in [4.69, 9.17) is 5.26 Å². The van der Waals surface area contributed by atoms with Gasteiger partial charge in [0.25, 0.3) is 0 Å². The summed E-state index contributed by atoms with van der Waals surface area (Å²) in [4.78, 5) is 11.6. The summed E-state index contributed by atoms with van der Waals surface area (Å²) in [5.74, 6) is -10.4. The Balaban J connectivity index is 2.32. The van der Waals surface area contributed by atoms with Crippen molar-refractivity contribution in [2.75, 3.05) is 0 Å². The topological polar surface area (TPSA) is 50.1 Å². The van der Waals surface area contributed by atoms with Crippen molar-refractivity contribution in [2.45, 2.75) is 6.92 Å². The van der Waals surface area contributed by atoms with E-state index in [1.807, 2.05) is 0 Å². The summed E-state index contributed by atoms with van der Waals surface area (Å²) in [5.41, 5.74) is -1.29. The Labute approximate surface area is 138 Å². The van der Waals surface area contributed by atoms with Crippen LogP contribution in [0.5, 0.6) is 5.75 Å². The van der Waals surface area contributed by atoms with Crippen molar-refractivity contribution in [3.05, 3.63) is 70.3 Å². The first kappa shape index (κ1) is 18.1. The first-order valence-corrected chi connectivity index (χ1v) is 6.67. The standard InChI is InChI=1S/C17H8F5NO2/c1-8-2-3-10(12(18)4-8)15(21)16(22)17(24)25-9-5-13(19)11(7-23)14(20)6-9/h2-6H,1H3. The molecule has 0 N–H and O–H groups in total. The molecule has 0 aliphatic carbocycles. The van der Waals surface area contributed by atoms with Gasteiger partial charge in [-0.25, -0.2) is 22.4 Å². The van der Waals surface area contributed by atoms with E-state index >= 15 is 0 Å². The van der Waals surface area contributed by atoms with Crippen molar-refractivity contribution in [2.24, 2.45) is 0 Å². The van der Waals surface area contributed by atoms with Crippen LogP contribution in [0.1, 0.15) is 16.7 Å². The van der Waals surface area contributed by atoms with E-state index in [1.54, 1.807) is 0 Å². The summed E-state index contributed by atoms with van der Waals surface area (Å²) in [6.07, 6.45) is 0. The molecule has 0 aliphatic heterocycles. The lowest BCUT2D eigenvalue weighted by Gasteiger charge is -2.06. The van der Waals surface area contributed by atoms with Crippen molar-refractivity contribution in [1.29, 1.82) is 5.26 Å². The van der Waals surface area contributed by atoms with E-state index in [9.17, 15) is 26.7 Å². The number of nitriles is 1. The summed E-state index contributed by atoms with van der Waals surface area (Å²) in [6.45, 7) is 1.52. The molecule has 2 aromatic rings. The SMILES string of the molecule is Cc1ccc(C(F)=C(F)C(=O)Oc2cc(F)c(C#N)c(F)c2)c(F)c1. The quantitative estimate of drug-likeness (QED) is 0.353. The van der Waals surface area contributed by atoms with Gasteiger partial charge in [-0.3, -0.25) is 0 Å². The smallest absolute Gasteiger partial charge is 0.375 e. The van der Waals surface area contributed by atoms with Crippen LogP contribution < -0.4 is 4.74 Å². The predicted octanol–water partition coefficient (Wildman–Crippen LogP) is 4.50. The van der Waals surface area contributed by atoms with E-state index in [-0.39, 0.29) is 0 Å². The molecule has 25 heavy (non-hydrogen) atoms. The molecular weight excluding hydrogens is 345 g/mol. The number of ether oxygens (including phenoxy) is 1. The number of carbonyl (C=O) groups is 1. The zero-order valence-corrected chi connectivity index (χ0v) is 12.5. The third-order valence-corrected chi connectivity index (χ3v) is 3.07. The molecule has 2 aromatic carbocycles. The van der Waals surface area contributed by atoms with Crippen molar-refractivity contribution in [3.63, 3.8) is 0 Å². The molecule has 0 saturated carbocycles. The highest BCUT2D eigenvalue weighted by atomic mass is 19.2. The highest BCUT2D eigenvalue weighted by molar-refractivity contribution is 5.95. The first-order valence-electron chi connectivity index (χ1n) is 6.67. The minimum Gasteiger partial charge on any atom is -0.421 e. The Morgan fingerprint density at radius 3 is 2.16 bits per heavy atom. The average Bonchev–Trinajstić information content (AvgIpc) is 2.53. The zero-order chi connectivity index (χ0) is 18.7. The molecule has 0 heterocycles. The van der Waals surface area contributed by atoms with Crippen LogP contribution in [-0.4, -0.2) is 5.97 Å². The summed E-state index contributed by atoms with van der Waals surface area (Å²) in [5, 5.41) is 8.51. The monoisotopic (exact) mass is 353 g/mol. The maximum atomic E-state index is 13.9. The van der Waals surface area contributed by atoms with Crippen LogP contribution >= 0.6 is 0 Å². The molecule has 0 atom stereocenters. The average molecular weight is 353 g/mol. The molecule has 0 amide bonds. The second kappa shape index (κ2) is 7.13. The molecule has 0 bridgehead atoms. The Morgan fingerprint density at radius 1 is 1.04 bits per heavy atom. The maximum Gasteiger partial charge on any atom is 0.375 e. The van der Waals surface area contributed by atoms with Gasteiger partial charge >= 0.3 is 5.97 Å². The largest absolute Gasteiger partial charge is 0.421 e. The van der Waals surface area contributed by atoms with Crippen LogP contribution in [0.15, 0.2) is 36.2 Å². The van der Waals surface area contributed by atoms with Gasteiger partial charge in [0.05, 0.1) is 0 Å². The highest BCUT2D eigenvalue weighted by Crippen LogP contribution is 2.27. The van der Waals surface area contributed by atoms with E-state index in [0.29, 0.717) is 17.7 Å². The van der Waals surface area contributed by atoms with Crippen LogP contribution in [0.4, 0.5) is 22.0 Å². The molecule has 0 fully saturated rings. The van der Waals surface area contributed by atoms with E-state index in [0.717, 1.165) is 12.1 Å². The lowest BCUT2D eigenvalue weighted by atomic mass is 10.1. The fraction of sp³-hybridized carbons (Fsp3) is 0.0588. The summed E-state index contributed by atoms with van der Waals surface area (Å²) in [7, 11) is 0. The highest BCUT2D eigenvalue weighted by Gasteiger charge is 2.23. The fourth-order valence-electron chi connectivity index (χ4n) is 1.87. The van der Waals surface area contributed by atoms with E-state index < -0.39 is 52.0 Å². The van der Waals surface area contributed by atoms with Crippen molar-refractivity contribution < 1.29 is 31.5 Å². The number of carbonyl (C=O) groups excluding carboxylic acids is 1. The fourth-order valence-corrected chi connectivity index (χ4v) is 1.87. The van der Waals surface area contributed by atoms with E-state index in [1.165, 1.54) is 19.1 Å². The Bertz CT molecular complexity index is 908. The maximum absolute atomic E-state index is 13.9. The molecule has 0 saturated heterocycles. The van der Waals surface area contributed by atoms with Crippen LogP contribution in [0.3, 0.4) is 0 Å². The Kier molecular flexibility index (Phi) is 5.17. The molecule has 0 aliphatic rings. The van der Waals surface area contributed by atoms with Gasteiger partial charge in [0, 0.05) is 17.7 Å². The van der Waals surface area contributed by atoms with Crippen molar-refractivity contribution in [1.82, 2.24) is 0 Å².